The Bertz CT molecular complexity index is 234. The van der Waals surface area contributed by atoms with Crippen molar-refractivity contribution in [1.29, 1.82) is 0 Å². The number of hydrogen-bond acceptors (Lipinski definition) is 2. The molecule has 0 saturated heterocycles. The molecule has 1 aromatic rings. The Balaban J connectivity index is 0. The van der Waals surface area contributed by atoms with Gasteiger partial charge in [-0.15, -0.1) is 0 Å². The van der Waals surface area contributed by atoms with Crippen molar-refractivity contribution >= 4 is 5.97 Å². The number of carbonyl (C=O) groups excluding carboxylic acids is 1. The van der Waals surface area contributed by atoms with Crippen molar-refractivity contribution in [3.63, 3.8) is 0 Å². The molecule has 0 heterocycles. The molecule has 0 spiro atoms. The molecular weight excluding hydrogens is 253 g/mol. The molecule has 0 atom stereocenters. The van der Waals surface area contributed by atoms with Gasteiger partial charge in [0.05, 0.1) is 12.7 Å². The minimum absolute atomic E-state index is 0. The number of carbonyl (C=O) groups is 1. The molecule has 1 aromatic carbocycles. The first-order valence-electron chi connectivity index (χ1n) is 4.13. The Morgan fingerprint density at radius 3 is 2.00 bits per heavy atom. The van der Waals surface area contributed by atoms with Gasteiger partial charge < -0.3 is 11.2 Å². The number of rotatable bonds is 1. The van der Waals surface area contributed by atoms with E-state index in [9.17, 15) is 4.79 Å². The van der Waals surface area contributed by atoms with Gasteiger partial charge in [-0.3, -0.25) is 0 Å². The van der Waals surface area contributed by atoms with Crippen molar-refractivity contribution in [2.75, 3.05) is 7.11 Å². The molecule has 0 amide bonds. The van der Waals surface area contributed by atoms with Gasteiger partial charge in [0.2, 0.25) is 0 Å². The topological polar surface area (TPSA) is 26.3 Å². The third-order valence-electron chi connectivity index (χ3n) is 1.19. The molecule has 14 heavy (non-hydrogen) atoms. The van der Waals surface area contributed by atoms with Crippen molar-refractivity contribution in [3.05, 3.63) is 42.3 Å². The van der Waals surface area contributed by atoms with Crippen LogP contribution in [-0.4, -0.2) is 13.1 Å². The van der Waals surface area contributed by atoms with Crippen LogP contribution in [0.5, 0.6) is 0 Å². The van der Waals surface area contributed by atoms with E-state index in [2.05, 4.69) is 4.74 Å². The number of hydrogen-bond donors (Lipinski definition) is 0. The maximum atomic E-state index is 10.8. The molecule has 0 bridgehead atoms. The quantitative estimate of drug-likeness (QED) is 0.578. The molecule has 1 rings (SSSR count). The number of methoxy groups -OCH3 is 1. The van der Waals surface area contributed by atoms with Gasteiger partial charge in [-0.25, -0.2) is 4.79 Å². The molecule has 75 valence electrons. The van der Waals surface area contributed by atoms with E-state index in [-0.39, 0.29) is 38.7 Å². The third kappa shape index (κ3) is 7.22. The average molecular weight is 268 g/mol. The summed E-state index contributed by atoms with van der Waals surface area (Å²) in [7, 11) is 1.37. The van der Waals surface area contributed by atoms with E-state index in [1.165, 1.54) is 7.11 Å². The summed E-state index contributed by atoms with van der Waals surface area (Å²) in [5.41, 5.74) is 0.588. The fourth-order valence-corrected chi connectivity index (χ4v) is 0.692. The zero-order chi connectivity index (χ0) is 10.1. The van der Waals surface area contributed by atoms with E-state index in [0.717, 1.165) is 0 Å². The molecule has 0 aliphatic carbocycles. The SMILES string of the molecule is COC(=O)c1ccccc1.C[CH-]C.[Y]. The molecule has 0 aliphatic heterocycles. The van der Waals surface area contributed by atoms with Crippen LogP contribution in [0.3, 0.4) is 0 Å². The molecule has 0 aromatic heterocycles. The van der Waals surface area contributed by atoms with Crippen LogP contribution in [0.15, 0.2) is 30.3 Å². The number of ether oxygens (including phenoxy) is 1. The Hall–Kier alpha value is -0.206. The van der Waals surface area contributed by atoms with Crippen molar-refractivity contribution in [1.82, 2.24) is 0 Å². The standard InChI is InChI=1S/C8H8O2.C3H7.Y/c1-10-8(9)7-5-3-2-4-6-7;1-3-2;/h2-6H,1H3;3H,1-2H3;/q;-1;. The Labute approximate surface area is 111 Å². The molecule has 0 N–H and O–H groups in total. The Morgan fingerprint density at radius 2 is 1.64 bits per heavy atom. The van der Waals surface area contributed by atoms with Gasteiger partial charge in [-0.2, -0.15) is 13.8 Å². The van der Waals surface area contributed by atoms with Crippen LogP contribution in [0.1, 0.15) is 24.2 Å². The number of esters is 1. The Morgan fingerprint density at radius 1 is 1.21 bits per heavy atom. The Kier molecular flexibility index (Phi) is 12.6. The van der Waals surface area contributed by atoms with E-state index in [1.54, 1.807) is 24.3 Å². The first-order valence-corrected chi connectivity index (χ1v) is 4.13. The van der Waals surface area contributed by atoms with Crippen molar-refractivity contribution < 1.29 is 42.2 Å². The monoisotopic (exact) mass is 268 g/mol. The maximum Gasteiger partial charge on any atom is 0.337 e. The molecule has 2 nitrogen and oxygen atoms in total. The summed E-state index contributed by atoms with van der Waals surface area (Å²) in [4.78, 5) is 10.8. The van der Waals surface area contributed by atoms with Crippen molar-refractivity contribution in [3.8, 4) is 0 Å². The largest absolute Gasteiger partial charge is 0.465 e. The fraction of sp³-hybridized carbons (Fsp3) is 0.273. The van der Waals surface area contributed by atoms with Gasteiger partial charge >= 0.3 is 5.97 Å². The summed E-state index contributed by atoms with van der Waals surface area (Å²) in [6, 6.07) is 8.88. The molecule has 0 saturated carbocycles. The zero-order valence-corrected chi connectivity index (χ0v) is 11.7. The predicted molar refractivity (Wildman–Crippen MR) is 53.4 cm³/mol. The first-order chi connectivity index (χ1) is 6.26. The molecule has 0 unspecified atom stereocenters. The van der Waals surface area contributed by atoms with Gasteiger partial charge in [-0.1, -0.05) is 18.2 Å². The second-order valence-electron chi connectivity index (χ2n) is 2.43. The summed E-state index contributed by atoms with van der Waals surface area (Å²) >= 11 is 0. The number of benzene rings is 1. The molecular formula is C11H15O2Y-. The van der Waals surface area contributed by atoms with Crippen LogP contribution in [0.25, 0.3) is 0 Å². The summed E-state index contributed by atoms with van der Waals surface area (Å²) < 4.78 is 4.50. The normalized spacial score (nSPS) is 7.64. The van der Waals surface area contributed by atoms with E-state index in [1.807, 2.05) is 26.3 Å². The molecule has 0 aliphatic rings. The van der Waals surface area contributed by atoms with E-state index in [0.29, 0.717) is 5.56 Å². The van der Waals surface area contributed by atoms with E-state index >= 15 is 0 Å². The minimum Gasteiger partial charge on any atom is -0.465 e. The van der Waals surface area contributed by atoms with Crippen LogP contribution >= 0.6 is 0 Å². The van der Waals surface area contributed by atoms with Crippen LogP contribution < -0.4 is 0 Å². The smallest absolute Gasteiger partial charge is 0.337 e. The van der Waals surface area contributed by atoms with E-state index < -0.39 is 0 Å². The first kappa shape index (κ1) is 16.2. The van der Waals surface area contributed by atoms with Crippen LogP contribution in [0.4, 0.5) is 0 Å². The minimum atomic E-state index is -0.291. The summed E-state index contributed by atoms with van der Waals surface area (Å²) in [6.45, 7) is 4.00. The molecule has 1 radical (unpaired) electrons. The van der Waals surface area contributed by atoms with Crippen LogP contribution in [0.2, 0.25) is 0 Å². The van der Waals surface area contributed by atoms with Gasteiger partial charge in [0, 0.05) is 32.7 Å². The second-order valence-corrected chi connectivity index (χ2v) is 2.43. The molecule has 3 heteroatoms. The van der Waals surface area contributed by atoms with Crippen molar-refractivity contribution in [2.45, 2.75) is 13.8 Å². The van der Waals surface area contributed by atoms with Gasteiger partial charge in [0.25, 0.3) is 0 Å². The van der Waals surface area contributed by atoms with Gasteiger partial charge in [-0.05, 0) is 12.1 Å². The summed E-state index contributed by atoms with van der Waals surface area (Å²) in [6.07, 6.45) is 2.00. The third-order valence-corrected chi connectivity index (χ3v) is 1.19. The predicted octanol–water partition coefficient (Wildman–Crippen LogP) is 2.70. The maximum absolute atomic E-state index is 10.8. The van der Waals surface area contributed by atoms with Crippen molar-refractivity contribution in [2.24, 2.45) is 0 Å². The average Bonchev–Trinajstić information content (AvgIpc) is 2.19. The van der Waals surface area contributed by atoms with Crippen LogP contribution in [-0.2, 0) is 37.4 Å². The van der Waals surface area contributed by atoms with E-state index in [4.69, 9.17) is 0 Å². The zero-order valence-electron chi connectivity index (χ0n) is 8.86. The second kappa shape index (κ2) is 10.9. The summed E-state index contributed by atoms with van der Waals surface area (Å²) in [5, 5.41) is 0. The molecule has 0 fully saturated rings. The summed E-state index contributed by atoms with van der Waals surface area (Å²) in [5.74, 6) is -0.291. The fourth-order valence-electron chi connectivity index (χ4n) is 0.692. The van der Waals surface area contributed by atoms with Gasteiger partial charge in [0.15, 0.2) is 0 Å². The van der Waals surface area contributed by atoms with Crippen LogP contribution in [0, 0.1) is 6.42 Å². The van der Waals surface area contributed by atoms with Gasteiger partial charge in [0.1, 0.15) is 0 Å².